The highest BCUT2D eigenvalue weighted by molar-refractivity contribution is 9.10. The van der Waals surface area contributed by atoms with Gasteiger partial charge in [-0.1, -0.05) is 45.7 Å². The summed E-state index contributed by atoms with van der Waals surface area (Å²) < 4.78 is 12.1. The summed E-state index contributed by atoms with van der Waals surface area (Å²) in [5, 5.41) is 12.9. The lowest BCUT2D eigenvalue weighted by Gasteiger charge is -2.12. The monoisotopic (exact) mass is 496 g/mol. The fourth-order valence-corrected chi connectivity index (χ4v) is 3.15. The van der Waals surface area contributed by atoms with Crippen LogP contribution in [0.25, 0.3) is 6.08 Å². The van der Waals surface area contributed by atoms with Gasteiger partial charge in [0.1, 0.15) is 29.7 Å². The first-order chi connectivity index (χ1) is 15.0. The van der Waals surface area contributed by atoms with E-state index in [4.69, 9.17) is 21.1 Å². The van der Waals surface area contributed by atoms with Crippen molar-refractivity contribution < 1.29 is 14.3 Å². The summed E-state index contributed by atoms with van der Waals surface area (Å²) in [5.74, 6) is 0.533. The van der Waals surface area contributed by atoms with Crippen LogP contribution in [0, 0.1) is 11.3 Å². The van der Waals surface area contributed by atoms with E-state index in [2.05, 4.69) is 21.2 Å². The van der Waals surface area contributed by atoms with Gasteiger partial charge in [-0.25, -0.2) is 0 Å². The predicted molar refractivity (Wildman–Crippen MR) is 125 cm³/mol. The van der Waals surface area contributed by atoms with E-state index in [-0.39, 0.29) is 12.2 Å². The molecule has 3 aromatic carbocycles. The standard InChI is InChI=1S/C24H18BrClN2O3/c1-30-21-11-6-16(23(13-21)31-15-17-4-2-3-5-22(17)26)12-18(14-27)24(29)28-20-9-7-19(25)8-10-20/h2-13H,15H2,1H3,(H,28,29)/b18-12+. The fourth-order valence-electron chi connectivity index (χ4n) is 2.69. The predicted octanol–water partition coefficient (Wildman–Crippen LogP) is 6.24. The van der Waals surface area contributed by atoms with E-state index in [1.807, 2.05) is 24.3 Å². The Kier molecular flexibility index (Phi) is 7.71. The van der Waals surface area contributed by atoms with Gasteiger partial charge in [-0.2, -0.15) is 5.26 Å². The Hall–Kier alpha value is -3.27. The quantitative estimate of drug-likeness (QED) is 0.310. The van der Waals surface area contributed by atoms with Crippen LogP contribution in [0.2, 0.25) is 5.02 Å². The third kappa shape index (κ3) is 6.11. The highest BCUT2D eigenvalue weighted by Crippen LogP contribution is 2.29. The molecule has 5 nitrogen and oxygen atoms in total. The van der Waals surface area contributed by atoms with Crippen molar-refractivity contribution >= 4 is 45.2 Å². The van der Waals surface area contributed by atoms with E-state index < -0.39 is 5.91 Å². The molecule has 156 valence electrons. The summed E-state index contributed by atoms with van der Waals surface area (Å²) in [6.07, 6.45) is 1.48. The third-order valence-electron chi connectivity index (χ3n) is 4.33. The van der Waals surface area contributed by atoms with Crippen LogP contribution < -0.4 is 14.8 Å². The first-order valence-corrected chi connectivity index (χ1v) is 10.4. The zero-order valence-corrected chi connectivity index (χ0v) is 18.9. The van der Waals surface area contributed by atoms with E-state index in [1.54, 1.807) is 55.6 Å². The van der Waals surface area contributed by atoms with Gasteiger partial charge in [0.25, 0.3) is 5.91 Å². The molecule has 1 amide bonds. The number of benzene rings is 3. The normalized spacial score (nSPS) is 10.8. The summed E-state index contributed by atoms with van der Waals surface area (Å²) in [6.45, 7) is 0.223. The number of anilines is 1. The second-order valence-corrected chi connectivity index (χ2v) is 7.74. The molecule has 3 aromatic rings. The topological polar surface area (TPSA) is 71.3 Å². The highest BCUT2D eigenvalue weighted by atomic mass is 79.9. The second-order valence-electron chi connectivity index (χ2n) is 6.41. The minimum Gasteiger partial charge on any atom is -0.497 e. The fraction of sp³-hybridized carbons (Fsp3) is 0.0833. The molecule has 0 spiro atoms. The minimum absolute atomic E-state index is 0.0596. The highest BCUT2D eigenvalue weighted by Gasteiger charge is 2.13. The molecule has 0 atom stereocenters. The molecule has 0 heterocycles. The first kappa shape index (κ1) is 22.4. The van der Waals surface area contributed by atoms with Crippen LogP contribution >= 0.6 is 27.5 Å². The van der Waals surface area contributed by atoms with Crippen molar-refractivity contribution in [1.29, 1.82) is 5.26 Å². The number of carbonyl (C=O) groups excluding carboxylic acids is 1. The van der Waals surface area contributed by atoms with Gasteiger partial charge in [-0.05, 0) is 48.5 Å². The van der Waals surface area contributed by atoms with Gasteiger partial charge in [-0.15, -0.1) is 0 Å². The lowest BCUT2D eigenvalue weighted by molar-refractivity contribution is -0.112. The van der Waals surface area contributed by atoms with Crippen LogP contribution in [0.5, 0.6) is 11.5 Å². The first-order valence-electron chi connectivity index (χ1n) is 9.23. The number of nitriles is 1. The van der Waals surface area contributed by atoms with Crippen molar-refractivity contribution in [1.82, 2.24) is 0 Å². The van der Waals surface area contributed by atoms with Crippen molar-refractivity contribution in [2.45, 2.75) is 6.61 Å². The van der Waals surface area contributed by atoms with Gasteiger partial charge < -0.3 is 14.8 Å². The average Bonchev–Trinajstić information content (AvgIpc) is 2.78. The molecule has 0 unspecified atom stereocenters. The van der Waals surface area contributed by atoms with E-state index in [9.17, 15) is 10.1 Å². The molecule has 0 fully saturated rings. The zero-order chi connectivity index (χ0) is 22.2. The van der Waals surface area contributed by atoms with E-state index in [0.717, 1.165) is 10.0 Å². The molecule has 0 aromatic heterocycles. The summed E-state index contributed by atoms with van der Waals surface area (Å²) >= 11 is 9.55. The molecule has 31 heavy (non-hydrogen) atoms. The SMILES string of the molecule is COc1ccc(/C=C(\C#N)C(=O)Nc2ccc(Br)cc2)c(OCc2ccccc2Cl)c1. The number of rotatable bonds is 7. The third-order valence-corrected chi connectivity index (χ3v) is 5.23. The summed E-state index contributed by atoms with van der Waals surface area (Å²) in [6, 6.07) is 21.6. The van der Waals surface area contributed by atoms with Crippen molar-refractivity contribution in [2.75, 3.05) is 12.4 Å². The zero-order valence-electron chi connectivity index (χ0n) is 16.6. The Morgan fingerprint density at radius 1 is 1.16 bits per heavy atom. The Morgan fingerprint density at radius 2 is 1.90 bits per heavy atom. The number of methoxy groups -OCH3 is 1. The van der Waals surface area contributed by atoms with Gasteiger partial charge in [0.15, 0.2) is 0 Å². The van der Waals surface area contributed by atoms with E-state index in [1.165, 1.54) is 6.08 Å². The van der Waals surface area contributed by atoms with Crippen LogP contribution in [0.15, 0.2) is 76.8 Å². The minimum atomic E-state index is -0.516. The number of nitrogens with one attached hydrogen (secondary N) is 1. The van der Waals surface area contributed by atoms with Crippen molar-refractivity contribution in [2.24, 2.45) is 0 Å². The van der Waals surface area contributed by atoms with Gasteiger partial charge in [-0.3, -0.25) is 4.79 Å². The van der Waals surface area contributed by atoms with Gasteiger partial charge in [0.2, 0.25) is 0 Å². The van der Waals surface area contributed by atoms with Crippen LogP contribution in [0.1, 0.15) is 11.1 Å². The average molecular weight is 498 g/mol. The van der Waals surface area contributed by atoms with Crippen LogP contribution in [0.3, 0.4) is 0 Å². The largest absolute Gasteiger partial charge is 0.497 e. The van der Waals surface area contributed by atoms with Gasteiger partial charge in [0.05, 0.1) is 7.11 Å². The number of amides is 1. The van der Waals surface area contributed by atoms with Crippen molar-refractivity contribution in [3.63, 3.8) is 0 Å². The molecule has 0 saturated heterocycles. The molecule has 1 N–H and O–H groups in total. The molecular formula is C24H18BrClN2O3. The molecule has 3 rings (SSSR count). The maximum Gasteiger partial charge on any atom is 0.266 e. The van der Waals surface area contributed by atoms with Crippen LogP contribution in [0.4, 0.5) is 5.69 Å². The summed E-state index contributed by atoms with van der Waals surface area (Å²) in [7, 11) is 1.55. The second kappa shape index (κ2) is 10.7. The van der Waals surface area contributed by atoms with Crippen molar-refractivity contribution in [3.8, 4) is 17.6 Å². The molecular weight excluding hydrogens is 480 g/mol. The smallest absolute Gasteiger partial charge is 0.266 e. The Labute approximate surface area is 194 Å². The van der Waals surface area contributed by atoms with Gasteiger partial charge in [0, 0.05) is 32.4 Å². The van der Waals surface area contributed by atoms with Gasteiger partial charge >= 0.3 is 0 Å². The molecule has 0 aliphatic heterocycles. The molecule has 0 aliphatic rings. The van der Waals surface area contributed by atoms with Crippen molar-refractivity contribution in [3.05, 3.63) is 92.9 Å². The maximum atomic E-state index is 12.6. The van der Waals surface area contributed by atoms with E-state index >= 15 is 0 Å². The number of carbonyl (C=O) groups is 1. The Balaban J connectivity index is 1.86. The molecule has 0 saturated carbocycles. The molecule has 7 heteroatoms. The Morgan fingerprint density at radius 3 is 2.58 bits per heavy atom. The van der Waals surface area contributed by atoms with Crippen LogP contribution in [-0.2, 0) is 11.4 Å². The molecule has 0 bridgehead atoms. The summed E-state index contributed by atoms with van der Waals surface area (Å²) in [5.41, 5.74) is 1.90. The maximum absolute atomic E-state index is 12.6. The molecule has 0 radical (unpaired) electrons. The van der Waals surface area contributed by atoms with Crippen LogP contribution in [-0.4, -0.2) is 13.0 Å². The molecule has 0 aliphatic carbocycles. The number of ether oxygens (including phenoxy) is 2. The lowest BCUT2D eigenvalue weighted by atomic mass is 10.1. The number of halogens is 2. The number of hydrogen-bond donors (Lipinski definition) is 1. The number of hydrogen-bond acceptors (Lipinski definition) is 4. The number of nitrogens with zero attached hydrogens (tertiary/aromatic N) is 1. The Bertz CT molecular complexity index is 1150. The summed E-state index contributed by atoms with van der Waals surface area (Å²) in [4.78, 5) is 12.6. The lowest BCUT2D eigenvalue weighted by Crippen LogP contribution is -2.13. The van der Waals surface area contributed by atoms with E-state index in [0.29, 0.717) is 27.8 Å².